The van der Waals surface area contributed by atoms with Gasteiger partial charge in [0, 0.05) is 22.8 Å². The van der Waals surface area contributed by atoms with Crippen LogP contribution < -0.4 is 10.6 Å². The average molecular weight is 384 g/mol. The maximum Gasteiger partial charge on any atom is 0.418 e. The quantitative estimate of drug-likeness (QED) is 0.765. The number of hydrogen-bond donors (Lipinski definition) is 2. The van der Waals surface area contributed by atoms with E-state index in [0.717, 1.165) is 31.7 Å². The fourth-order valence-corrected chi connectivity index (χ4v) is 3.15. The van der Waals surface area contributed by atoms with Gasteiger partial charge in [-0.15, -0.1) is 0 Å². The summed E-state index contributed by atoms with van der Waals surface area (Å²) in [5.41, 5.74) is -0.729. The third-order valence-corrected chi connectivity index (χ3v) is 4.50. The van der Waals surface area contributed by atoms with E-state index in [1.165, 1.54) is 30.5 Å². The minimum Gasteiger partial charge on any atom is -0.349 e. The van der Waals surface area contributed by atoms with Crippen molar-refractivity contribution >= 4 is 29.0 Å². The van der Waals surface area contributed by atoms with Crippen LogP contribution in [0.2, 0.25) is 5.02 Å². The first-order valence-corrected chi connectivity index (χ1v) is 8.61. The maximum atomic E-state index is 13.2. The molecule has 1 aromatic heterocycles. The molecule has 0 unspecified atom stereocenters. The number of hydrogen-bond acceptors (Lipinski definition) is 3. The second-order valence-electron chi connectivity index (χ2n) is 6.20. The lowest BCUT2D eigenvalue weighted by atomic mass is 10.1. The highest BCUT2D eigenvalue weighted by molar-refractivity contribution is 6.30. The monoisotopic (exact) mass is 383 g/mol. The van der Waals surface area contributed by atoms with Crippen LogP contribution in [0, 0.1) is 0 Å². The smallest absolute Gasteiger partial charge is 0.349 e. The molecule has 1 saturated carbocycles. The van der Waals surface area contributed by atoms with Crippen molar-refractivity contribution in [2.45, 2.75) is 37.9 Å². The first-order chi connectivity index (χ1) is 12.3. The lowest BCUT2D eigenvalue weighted by Crippen LogP contribution is -2.32. The molecule has 0 bridgehead atoms. The number of benzene rings is 1. The molecule has 0 atom stereocenters. The molecule has 1 heterocycles. The van der Waals surface area contributed by atoms with Crippen LogP contribution in [0.4, 0.5) is 24.7 Å². The predicted octanol–water partition coefficient (Wildman–Crippen LogP) is 5.17. The second-order valence-corrected chi connectivity index (χ2v) is 6.63. The van der Waals surface area contributed by atoms with E-state index in [1.807, 2.05) is 0 Å². The molecule has 1 aliphatic rings. The fourth-order valence-electron chi connectivity index (χ4n) is 2.98. The third-order valence-electron chi connectivity index (χ3n) is 4.26. The first-order valence-electron chi connectivity index (χ1n) is 8.23. The summed E-state index contributed by atoms with van der Waals surface area (Å²) in [7, 11) is 0. The summed E-state index contributed by atoms with van der Waals surface area (Å²) in [4.78, 5) is 16.3. The van der Waals surface area contributed by atoms with Crippen LogP contribution in [-0.4, -0.2) is 16.9 Å². The summed E-state index contributed by atoms with van der Waals surface area (Å²) in [5.74, 6) is -0.105. The number of rotatable bonds is 4. The van der Waals surface area contributed by atoms with E-state index in [-0.39, 0.29) is 28.5 Å². The Morgan fingerprint density at radius 3 is 2.58 bits per heavy atom. The topological polar surface area (TPSA) is 54.0 Å². The molecule has 0 saturated heterocycles. The maximum absolute atomic E-state index is 13.2. The first kappa shape index (κ1) is 18.5. The van der Waals surface area contributed by atoms with Gasteiger partial charge in [0.15, 0.2) is 0 Å². The largest absolute Gasteiger partial charge is 0.418 e. The number of anilines is 2. The van der Waals surface area contributed by atoms with E-state index in [1.54, 1.807) is 0 Å². The van der Waals surface area contributed by atoms with Crippen LogP contribution in [0.1, 0.15) is 41.6 Å². The summed E-state index contributed by atoms with van der Waals surface area (Å²) in [6, 6.07) is 6.55. The molecule has 0 spiro atoms. The van der Waals surface area contributed by atoms with Gasteiger partial charge in [0.25, 0.3) is 5.91 Å². The third kappa shape index (κ3) is 4.46. The Labute approximate surface area is 153 Å². The Bertz CT molecular complexity index is 805. The van der Waals surface area contributed by atoms with Crippen molar-refractivity contribution in [3.8, 4) is 0 Å². The number of halogens is 4. The molecule has 4 nitrogen and oxygen atoms in total. The Hall–Kier alpha value is -2.28. The minimum absolute atomic E-state index is 0.0134. The van der Waals surface area contributed by atoms with E-state index in [2.05, 4.69) is 15.6 Å². The van der Waals surface area contributed by atoms with Crippen molar-refractivity contribution in [2.75, 3.05) is 5.32 Å². The Morgan fingerprint density at radius 2 is 1.88 bits per heavy atom. The molecule has 26 heavy (non-hydrogen) atoms. The molecule has 8 heteroatoms. The average Bonchev–Trinajstić information content (AvgIpc) is 3.09. The van der Waals surface area contributed by atoms with Crippen molar-refractivity contribution in [3.05, 3.63) is 52.7 Å². The zero-order chi connectivity index (χ0) is 18.7. The van der Waals surface area contributed by atoms with E-state index in [9.17, 15) is 18.0 Å². The Kier molecular flexibility index (Phi) is 5.36. The highest BCUT2D eigenvalue weighted by Gasteiger charge is 2.34. The summed E-state index contributed by atoms with van der Waals surface area (Å²) < 4.78 is 39.5. The predicted molar refractivity (Wildman–Crippen MR) is 93.7 cm³/mol. The number of aromatic nitrogens is 1. The summed E-state index contributed by atoms with van der Waals surface area (Å²) in [5, 5.41) is 5.55. The highest BCUT2D eigenvalue weighted by atomic mass is 35.5. The van der Waals surface area contributed by atoms with Gasteiger partial charge in [-0.3, -0.25) is 4.79 Å². The number of amides is 1. The van der Waals surface area contributed by atoms with E-state index < -0.39 is 11.7 Å². The summed E-state index contributed by atoms with van der Waals surface area (Å²) in [6.07, 6.45) is 0.888. The summed E-state index contributed by atoms with van der Waals surface area (Å²) in [6.45, 7) is 0. The van der Waals surface area contributed by atoms with Crippen molar-refractivity contribution in [1.29, 1.82) is 0 Å². The molecule has 1 fully saturated rings. The lowest BCUT2D eigenvalue weighted by Gasteiger charge is -2.15. The number of carbonyl (C=O) groups is 1. The molecule has 0 radical (unpaired) electrons. The van der Waals surface area contributed by atoms with E-state index in [4.69, 9.17) is 11.6 Å². The molecular formula is C18H17ClF3N3O. The van der Waals surface area contributed by atoms with Crippen LogP contribution in [0.25, 0.3) is 0 Å². The molecule has 138 valence electrons. The zero-order valence-corrected chi connectivity index (χ0v) is 14.5. The molecule has 2 aromatic rings. The number of nitrogens with zero attached hydrogens (tertiary/aromatic N) is 1. The van der Waals surface area contributed by atoms with Crippen LogP contribution in [0.15, 0.2) is 36.5 Å². The Morgan fingerprint density at radius 1 is 1.15 bits per heavy atom. The number of pyridine rings is 1. The number of alkyl halides is 3. The van der Waals surface area contributed by atoms with Crippen LogP contribution in [0.5, 0.6) is 0 Å². The van der Waals surface area contributed by atoms with Crippen LogP contribution in [0.3, 0.4) is 0 Å². The number of carbonyl (C=O) groups excluding carboxylic acids is 1. The van der Waals surface area contributed by atoms with Gasteiger partial charge in [0.1, 0.15) is 5.82 Å². The van der Waals surface area contributed by atoms with Crippen LogP contribution in [-0.2, 0) is 6.18 Å². The normalized spacial score (nSPS) is 15.1. The SMILES string of the molecule is O=C(NC1CCCC1)c1ccnc(Nc2ccc(Cl)cc2C(F)(F)F)c1. The van der Waals surface area contributed by atoms with Crippen LogP contribution >= 0.6 is 11.6 Å². The molecule has 1 aliphatic carbocycles. The number of nitrogens with one attached hydrogen (secondary N) is 2. The molecule has 0 aliphatic heterocycles. The van der Waals surface area contributed by atoms with E-state index >= 15 is 0 Å². The van der Waals surface area contributed by atoms with Crippen molar-refractivity contribution in [3.63, 3.8) is 0 Å². The van der Waals surface area contributed by atoms with Gasteiger partial charge >= 0.3 is 6.18 Å². The van der Waals surface area contributed by atoms with Gasteiger partial charge in [0.2, 0.25) is 0 Å². The van der Waals surface area contributed by atoms with Gasteiger partial charge in [-0.25, -0.2) is 4.98 Å². The van der Waals surface area contributed by atoms with Gasteiger partial charge in [-0.2, -0.15) is 13.2 Å². The van der Waals surface area contributed by atoms with Crippen molar-refractivity contribution in [1.82, 2.24) is 10.3 Å². The highest BCUT2D eigenvalue weighted by Crippen LogP contribution is 2.37. The van der Waals surface area contributed by atoms with E-state index in [0.29, 0.717) is 5.56 Å². The minimum atomic E-state index is -4.56. The second kappa shape index (κ2) is 7.53. The Balaban J connectivity index is 1.80. The molecule has 3 rings (SSSR count). The van der Waals surface area contributed by atoms with Crippen molar-refractivity contribution < 1.29 is 18.0 Å². The molecule has 1 aromatic carbocycles. The van der Waals surface area contributed by atoms with Gasteiger partial charge in [-0.1, -0.05) is 24.4 Å². The van der Waals surface area contributed by atoms with Gasteiger partial charge in [-0.05, 0) is 43.2 Å². The lowest BCUT2D eigenvalue weighted by molar-refractivity contribution is -0.136. The zero-order valence-electron chi connectivity index (χ0n) is 13.7. The summed E-state index contributed by atoms with van der Waals surface area (Å²) >= 11 is 5.68. The molecule has 2 N–H and O–H groups in total. The van der Waals surface area contributed by atoms with Gasteiger partial charge in [0.05, 0.1) is 11.3 Å². The molecule has 1 amide bonds. The van der Waals surface area contributed by atoms with Crippen molar-refractivity contribution in [2.24, 2.45) is 0 Å². The van der Waals surface area contributed by atoms with Gasteiger partial charge < -0.3 is 10.6 Å². The standard InChI is InChI=1S/C18H17ClF3N3O/c19-12-5-6-15(14(10-12)18(20,21)22)25-16-9-11(7-8-23-16)17(26)24-13-3-1-2-4-13/h5-10,13H,1-4H2,(H,23,25)(H,24,26). The molecular weight excluding hydrogens is 367 g/mol. The fraction of sp³-hybridized carbons (Fsp3) is 0.333.